The molecule has 0 unspecified atom stereocenters. The SMILES string of the molecule is O=C(O)C1CCN(CCCc2ccc3oc(-c4ccc(-c5ccccc5)c(C(F)(F)F)c4)nc3c2)CC1. The number of carboxylic acids is 1. The Labute approximate surface area is 212 Å². The van der Waals surface area contributed by atoms with Gasteiger partial charge in [0.05, 0.1) is 11.5 Å². The molecule has 4 aromatic rings. The van der Waals surface area contributed by atoms with Crippen molar-refractivity contribution in [1.29, 1.82) is 0 Å². The largest absolute Gasteiger partial charge is 0.481 e. The molecule has 0 spiro atoms. The van der Waals surface area contributed by atoms with Gasteiger partial charge in [-0.1, -0.05) is 42.5 Å². The van der Waals surface area contributed by atoms with Gasteiger partial charge in [0.25, 0.3) is 0 Å². The lowest BCUT2D eigenvalue weighted by atomic mass is 9.97. The molecule has 5 rings (SSSR count). The van der Waals surface area contributed by atoms with Gasteiger partial charge in [0.1, 0.15) is 5.52 Å². The molecule has 8 heteroatoms. The lowest BCUT2D eigenvalue weighted by Crippen LogP contribution is -2.36. The molecule has 0 amide bonds. The number of aromatic nitrogens is 1. The number of aryl methyl sites for hydroxylation is 1. The van der Waals surface area contributed by atoms with Crippen molar-refractivity contribution in [3.8, 4) is 22.6 Å². The third kappa shape index (κ3) is 5.69. The number of hydrogen-bond donors (Lipinski definition) is 1. The summed E-state index contributed by atoms with van der Waals surface area (Å²) in [5, 5.41) is 9.14. The zero-order valence-corrected chi connectivity index (χ0v) is 20.2. The summed E-state index contributed by atoms with van der Waals surface area (Å²) in [5.41, 5.74) is 2.35. The quantitative estimate of drug-likeness (QED) is 0.294. The fourth-order valence-corrected chi connectivity index (χ4v) is 4.94. The van der Waals surface area contributed by atoms with Crippen LogP contribution in [0.4, 0.5) is 13.2 Å². The third-order valence-electron chi connectivity index (χ3n) is 6.99. The van der Waals surface area contributed by atoms with Gasteiger partial charge in [0.2, 0.25) is 5.89 Å². The summed E-state index contributed by atoms with van der Waals surface area (Å²) in [6.07, 6.45) is -1.41. The molecule has 1 fully saturated rings. The van der Waals surface area contributed by atoms with E-state index in [1.807, 2.05) is 18.2 Å². The van der Waals surface area contributed by atoms with Gasteiger partial charge in [-0.3, -0.25) is 4.79 Å². The Kier molecular flexibility index (Phi) is 7.02. The van der Waals surface area contributed by atoms with Crippen molar-refractivity contribution in [3.05, 3.63) is 77.9 Å². The molecule has 3 aromatic carbocycles. The number of rotatable bonds is 7. The maximum absolute atomic E-state index is 13.9. The van der Waals surface area contributed by atoms with Gasteiger partial charge in [0.15, 0.2) is 5.58 Å². The van der Waals surface area contributed by atoms with E-state index >= 15 is 0 Å². The summed E-state index contributed by atoms with van der Waals surface area (Å²) in [6, 6.07) is 18.4. The maximum Gasteiger partial charge on any atom is 0.417 e. The smallest absolute Gasteiger partial charge is 0.417 e. The Morgan fingerprint density at radius 1 is 1.00 bits per heavy atom. The summed E-state index contributed by atoms with van der Waals surface area (Å²) in [6.45, 7) is 2.49. The Bertz CT molecular complexity index is 1390. The van der Waals surface area contributed by atoms with Gasteiger partial charge >= 0.3 is 12.1 Å². The van der Waals surface area contributed by atoms with E-state index < -0.39 is 17.7 Å². The van der Waals surface area contributed by atoms with Crippen LogP contribution in [0.25, 0.3) is 33.7 Å². The highest BCUT2D eigenvalue weighted by Crippen LogP contribution is 2.39. The molecule has 1 aliphatic heterocycles. The van der Waals surface area contributed by atoms with Gasteiger partial charge in [-0.25, -0.2) is 4.98 Å². The van der Waals surface area contributed by atoms with E-state index in [1.165, 1.54) is 6.07 Å². The number of oxazole rings is 1. The molecular formula is C29H27F3N2O3. The first kappa shape index (κ1) is 25.0. The fourth-order valence-electron chi connectivity index (χ4n) is 4.94. The lowest BCUT2D eigenvalue weighted by molar-refractivity contribution is -0.143. The molecule has 0 atom stereocenters. The number of fused-ring (bicyclic) bond motifs is 1. The van der Waals surface area contributed by atoms with Crippen molar-refractivity contribution in [2.75, 3.05) is 19.6 Å². The lowest BCUT2D eigenvalue weighted by Gasteiger charge is -2.29. The van der Waals surface area contributed by atoms with E-state index in [1.54, 1.807) is 36.4 Å². The summed E-state index contributed by atoms with van der Waals surface area (Å²) in [7, 11) is 0. The summed E-state index contributed by atoms with van der Waals surface area (Å²) < 4.78 is 47.6. The van der Waals surface area contributed by atoms with Crippen LogP contribution in [0.5, 0.6) is 0 Å². The summed E-state index contributed by atoms with van der Waals surface area (Å²) in [5.74, 6) is -0.790. The molecule has 192 valence electrons. The average molecular weight is 509 g/mol. The summed E-state index contributed by atoms with van der Waals surface area (Å²) >= 11 is 0. The number of nitrogens with zero attached hydrogens (tertiary/aromatic N) is 2. The van der Waals surface area contributed by atoms with Crippen LogP contribution in [0.2, 0.25) is 0 Å². The number of halogens is 3. The standard InChI is InChI=1S/C29H27F3N2O3/c30-29(31,32)24-18-22(9-10-23(24)20-6-2-1-3-7-20)27-33-25-17-19(8-11-26(25)37-27)5-4-14-34-15-12-21(13-16-34)28(35)36/h1-3,6-11,17-18,21H,4-5,12-16H2,(H,35,36). The van der Waals surface area contributed by atoms with Crippen LogP contribution >= 0.6 is 0 Å². The monoisotopic (exact) mass is 508 g/mol. The molecular weight excluding hydrogens is 481 g/mol. The van der Waals surface area contributed by atoms with Gasteiger partial charge < -0.3 is 14.4 Å². The normalized spacial score (nSPS) is 15.3. The van der Waals surface area contributed by atoms with Crippen molar-refractivity contribution in [1.82, 2.24) is 9.88 Å². The number of hydrogen-bond acceptors (Lipinski definition) is 4. The van der Waals surface area contributed by atoms with Crippen molar-refractivity contribution >= 4 is 17.1 Å². The topological polar surface area (TPSA) is 66.6 Å². The fraction of sp³-hybridized carbons (Fsp3) is 0.310. The maximum atomic E-state index is 13.9. The molecule has 0 radical (unpaired) electrons. The first-order chi connectivity index (χ1) is 17.8. The van der Waals surface area contributed by atoms with Gasteiger partial charge in [-0.15, -0.1) is 0 Å². The van der Waals surface area contributed by atoms with Crippen LogP contribution in [0.1, 0.15) is 30.4 Å². The van der Waals surface area contributed by atoms with Crippen LogP contribution in [0.15, 0.2) is 71.1 Å². The number of aliphatic carboxylic acids is 1. The van der Waals surface area contributed by atoms with Crippen LogP contribution in [-0.4, -0.2) is 40.6 Å². The van der Waals surface area contributed by atoms with E-state index in [0.717, 1.165) is 44.1 Å². The second-order valence-electron chi connectivity index (χ2n) is 9.50. The molecule has 1 saturated heterocycles. The third-order valence-corrected chi connectivity index (χ3v) is 6.99. The number of likely N-dealkylation sites (tertiary alicyclic amines) is 1. The number of alkyl halides is 3. The van der Waals surface area contributed by atoms with Crippen LogP contribution in [0.3, 0.4) is 0 Å². The van der Waals surface area contributed by atoms with Crippen molar-refractivity contribution in [2.24, 2.45) is 5.92 Å². The van der Waals surface area contributed by atoms with E-state index in [4.69, 9.17) is 9.52 Å². The molecule has 37 heavy (non-hydrogen) atoms. The van der Waals surface area contributed by atoms with Crippen molar-refractivity contribution < 1.29 is 27.5 Å². The zero-order chi connectivity index (χ0) is 26.0. The van der Waals surface area contributed by atoms with Gasteiger partial charge in [0, 0.05) is 5.56 Å². The van der Waals surface area contributed by atoms with Gasteiger partial charge in [-0.05, 0) is 86.3 Å². The summed E-state index contributed by atoms with van der Waals surface area (Å²) in [4.78, 5) is 17.9. The molecule has 2 heterocycles. The first-order valence-electron chi connectivity index (χ1n) is 12.4. The first-order valence-corrected chi connectivity index (χ1v) is 12.4. The predicted molar refractivity (Wildman–Crippen MR) is 135 cm³/mol. The minimum atomic E-state index is -4.52. The number of carboxylic acid groups (broad SMARTS) is 1. The molecule has 0 saturated carbocycles. The van der Waals surface area contributed by atoms with Crippen molar-refractivity contribution in [3.63, 3.8) is 0 Å². The van der Waals surface area contributed by atoms with E-state index in [0.29, 0.717) is 29.5 Å². The number of piperidine rings is 1. The molecule has 1 aliphatic rings. The highest BCUT2D eigenvalue weighted by molar-refractivity contribution is 5.78. The zero-order valence-electron chi connectivity index (χ0n) is 20.2. The minimum absolute atomic E-state index is 0.113. The molecule has 1 N–H and O–H groups in total. The Morgan fingerprint density at radius 2 is 1.76 bits per heavy atom. The van der Waals surface area contributed by atoms with E-state index in [-0.39, 0.29) is 22.9 Å². The Morgan fingerprint density at radius 3 is 2.46 bits per heavy atom. The van der Waals surface area contributed by atoms with Crippen LogP contribution in [-0.2, 0) is 17.4 Å². The molecule has 1 aromatic heterocycles. The molecule has 0 aliphatic carbocycles. The van der Waals surface area contributed by atoms with Gasteiger partial charge in [-0.2, -0.15) is 13.2 Å². The van der Waals surface area contributed by atoms with Crippen LogP contribution < -0.4 is 0 Å². The van der Waals surface area contributed by atoms with E-state index in [9.17, 15) is 18.0 Å². The minimum Gasteiger partial charge on any atom is -0.481 e. The predicted octanol–water partition coefficient (Wildman–Crippen LogP) is 6.91. The Balaban J connectivity index is 1.30. The van der Waals surface area contributed by atoms with Crippen LogP contribution in [0, 0.1) is 5.92 Å². The average Bonchev–Trinajstić information content (AvgIpc) is 3.32. The second kappa shape index (κ2) is 10.4. The Hall–Kier alpha value is -3.65. The van der Waals surface area contributed by atoms with Crippen molar-refractivity contribution in [2.45, 2.75) is 31.9 Å². The number of carbonyl (C=O) groups is 1. The number of benzene rings is 3. The molecule has 5 nitrogen and oxygen atoms in total. The molecule has 0 bridgehead atoms. The van der Waals surface area contributed by atoms with E-state index in [2.05, 4.69) is 9.88 Å². The highest BCUT2D eigenvalue weighted by atomic mass is 19.4. The second-order valence-corrected chi connectivity index (χ2v) is 9.50. The highest BCUT2D eigenvalue weighted by Gasteiger charge is 2.34.